The third-order valence-corrected chi connectivity index (χ3v) is 2.23. The highest BCUT2D eigenvalue weighted by Gasteiger charge is 2.22. The lowest BCUT2D eigenvalue weighted by Gasteiger charge is -2.25. The second-order valence-corrected chi connectivity index (χ2v) is 3.18. The molecule has 0 saturated carbocycles. The summed E-state index contributed by atoms with van der Waals surface area (Å²) in [6.45, 7) is 6.57. The van der Waals surface area contributed by atoms with Crippen molar-refractivity contribution in [2.24, 2.45) is 5.92 Å². The van der Waals surface area contributed by atoms with Gasteiger partial charge < -0.3 is 5.32 Å². The molecule has 1 aliphatic heterocycles. The Morgan fingerprint density at radius 3 is 3.00 bits per heavy atom. The molecule has 62 valence electrons. The van der Waals surface area contributed by atoms with Crippen LogP contribution in [0.25, 0.3) is 0 Å². The normalized spacial score (nSPS) is 31.4. The molecule has 11 heavy (non-hydrogen) atoms. The van der Waals surface area contributed by atoms with E-state index in [0.717, 1.165) is 19.4 Å². The summed E-state index contributed by atoms with van der Waals surface area (Å²) in [4.78, 5) is 11.2. The molecule has 0 aromatic carbocycles. The second kappa shape index (κ2) is 3.67. The predicted molar refractivity (Wildman–Crippen MR) is 45.4 cm³/mol. The number of rotatable bonds is 2. The molecule has 0 spiro atoms. The van der Waals surface area contributed by atoms with Crippen molar-refractivity contribution in [2.45, 2.75) is 25.8 Å². The average Bonchev–Trinajstić information content (AvgIpc) is 2.03. The van der Waals surface area contributed by atoms with Gasteiger partial charge in [-0.3, -0.25) is 4.79 Å². The Labute approximate surface area is 67.7 Å². The standard InChI is InChI=1S/C9H15NO/c1-3-9(11)8-4-5-10-7(2)6-8/h3,7-8,10H,1,4-6H2,2H3/t7-,8-/m1/s1. The van der Waals surface area contributed by atoms with E-state index in [0.29, 0.717) is 6.04 Å². The fourth-order valence-electron chi connectivity index (χ4n) is 1.56. The largest absolute Gasteiger partial charge is 0.314 e. The van der Waals surface area contributed by atoms with Gasteiger partial charge in [0.2, 0.25) is 0 Å². The third-order valence-electron chi connectivity index (χ3n) is 2.23. The van der Waals surface area contributed by atoms with Gasteiger partial charge in [0.1, 0.15) is 0 Å². The number of hydrogen-bond acceptors (Lipinski definition) is 2. The van der Waals surface area contributed by atoms with Crippen LogP contribution in [0.1, 0.15) is 19.8 Å². The van der Waals surface area contributed by atoms with E-state index < -0.39 is 0 Å². The molecular formula is C9H15NO. The number of piperidine rings is 1. The van der Waals surface area contributed by atoms with Gasteiger partial charge in [-0.25, -0.2) is 0 Å². The molecule has 0 aromatic rings. The van der Waals surface area contributed by atoms with Crippen molar-refractivity contribution in [3.8, 4) is 0 Å². The zero-order chi connectivity index (χ0) is 8.27. The molecule has 1 fully saturated rings. The number of allylic oxidation sites excluding steroid dienone is 1. The van der Waals surface area contributed by atoms with E-state index in [4.69, 9.17) is 0 Å². The summed E-state index contributed by atoms with van der Waals surface area (Å²) in [6, 6.07) is 0.484. The molecule has 1 heterocycles. The van der Waals surface area contributed by atoms with Crippen molar-refractivity contribution in [1.82, 2.24) is 5.32 Å². The second-order valence-electron chi connectivity index (χ2n) is 3.18. The van der Waals surface area contributed by atoms with Crippen LogP contribution in [0.4, 0.5) is 0 Å². The molecule has 0 bridgehead atoms. The molecule has 1 saturated heterocycles. The van der Waals surface area contributed by atoms with Gasteiger partial charge in [-0.15, -0.1) is 0 Å². The molecule has 2 nitrogen and oxygen atoms in total. The van der Waals surface area contributed by atoms with Gasteiger partial charge in [-0.05, 0) is 32.4 Å². The van der Waals surface area contributed by atoms with Gasteiger partial charge in [0.15, 0.2) is 5.78 Å². The van der Waals surface area contributed by atoms with E-state index in [1.807, 2.05) is 0 Å². The zero-order valence-electron chi connectivity index (χ0n) is 6.97. The fourth-order valence-corrected chi connectivity index (χ4v) is 1.56. The molecule has 2 heteroatoms. The highest BCUT2D eigenvalue weighted by molar-refractivity contribution is 5.91. The minimum absolute atomic E-state index is 0.207. The Balaban J connectivity index is 2.45. The number of carbonyl (C=O) groups excluding carboxylic acids is 1. The van der Waals surface area contributed by atoms with Gasteiger partial charge in [0, 0.05) is 12.0 Å². The molecule has 0 radical (unpaired) electrons. The summed E-state index contributed by atoms with van der Waals surface area (Å²) in [5.41, 5.74) is 0. The Morgan fingerprint density at radius 1 is 1.73 bits per heavy atom. The van der Waals surface area contributed by atoms with Crippen LogP contribution in [-0.4, -0.2) is 18.4 Å². The van der Waals surface area contributed by atoms with E-state index >= 15 is 0 Å². The van der Waals surface area contributed by atoms with E-state index in [1.54, 1.807) is 0 Å². The van der Waals surface area contributed by atoms with Crippen molar-refractivity contribution in [1.29, 1.82) is 0 Å². The maximum atomic E-state index is 11.2. The minimum Gasteiger partial charge on any atom is -0.314 e. The van der Waals surface area contributed by atoms with Crippen LogP contribution in [-0.2, 0) is 4.79 Å². The first-order valence-electron chi connectivity index (χ1n) is 4.13. The first kappa shape index (κ1) is 8.47. The van der Waals surface area contributed by atoms with E-state index in [2.05, 4.69) is 18.8 Å². The van der Waals surface area contributed by atoms with Gasteiger partial charge in [-0.1, -0.05) is 6.58 Å². The lowest BCUT2D eigenvalue weighted by Crippen LogP contribution is -2.38. The van der Waals surface area contributed by atoms with Gasteiger partial charge >= 0.3 is 0 Å². The van der Waals surface area contributed by atoms with Gasteiger partial charge in [-0.2, -0.15) is 0 Å². The van der Waals surface area contributed by atoms with Crippen molar-refractivity contribution in [3.63, 3.8) is 0 Å². The molecule has 1 rings (SSSR count). The summed E-state index contributed by atoms with van der Waals surface area (Å²) in [5, 5.41) is 3.30. The van der Waals surface area contributed by atoms with Gasteiger partial charge in [0.05, 0.1) is 0 Å². The summed E-state index contributed by atoms with van der Waals surface area (Å²) in [6.07, 6.45) is 3.38. The molecule has 0 amide bonds. The van der Waals surface area contributed by atoms with E-state index in [9.17, 15) is 4.79 Å². The molecule has 1 aliphatic rings. The van der Waals surface area contributed by atoms with Crippen LogP contribution in [0.2, 0.25) is 0 Å². The molecule has 0 aliphatic carbocycles. The number of nitrogens with one attached hydrogen (secondary N) is 1. The maximum Gasteiger partial charge on any atom is 0.158 e. The SMILES string of the molecule is C=CC(=O)[C@@H]1CCN[C@H](C)C1. The number of hydrogen-bond donors (Lipinski definition) is 1. The third kappa shape index (κ3) is 2.15. The quantitative estimate of drug-likeness (QED) is 0.602. The molecule has 1 N–H and O–H groups in total. The molecule has 0 aromatic heterocycles. The van der Waals surface area contributed by atoms with Crippen molar-refractivity contribution >= 4 is 5.78 Å². The Hall–Kier alpha value is -0.630. The zero-order valence-corrected chi connectivity index (χ0v) is 6.97. The Bertz CT molecular complexity index is 165. The summed E-state index contributed by atoms with van der Waals surface area (Å²) in [5.74, 6) is 0.432. The van der Waals surface area contributed by atoms with E-state index in [1.165, 1.54) is 6.08 Å². The highest BCUT2D eigenvalue weighted by Crippen LogP contribution is 2.16. The average molecular weight is 153 g/mol. The Morgan fingerprint density at radius 2 is 2.45 bits per heavy atom. The van der Waals surface area contributed by atoms with Crippen molar-refractivity contribution < 1.29 is 4.79 Å². The summed E-state index contributed by atoms with van der Waals surface area (Å²) >= 11 is 0. The smallest absolute Gasteiger partial charge is 0.158 e. The van der Waals surface area contributed by atoms with Crippen LogP contribution in [0.5, 0.6) is 0 Å². The van der Waals surface area contributed by atoms with Crippen LogP contribution >= 0.6 is 0 Å². The lowest BCUT2D eigenvalue weighted by atomic mass is 9.90. The highest BCUT2D eigenvalue weighted by atomic mass is 16.1. The first-order valence-corrected chi connectivity index (χ1v) is 4.13. The summed E-state index contributed by atoms with van der Waals surface area (Å²) < 4.78 is 0. The monoisotopic (exact) mass is 153 g/mol. The lowest BCUT2D eigenvalue weighted by molar-refractivity contribution is -0.119. The van der Waals surface area contributed by atoms with Crippen LogP contribution < -0.4 is 5.32 Å². The van der Waals surface area contributed by atoms with Crippen LogP contribution in [0.15, 0.2) is 12.7 Å². The first-order chi connectivity index (χ1) is 5.24. The number of ketones is 1. The van der Waals surface area contributed by atoms with E-state index in [-0.39, 0.29) is 11.7 Å². The van der Waals surface area contributed by atoms with Crippen LogP contribution in [0.3, 0.4) is 0 Å². The minimum atomic E-state index is 0.207. The van der Waals surface area contributed by atoms with Crippen molar-refractivity contribution in [2.75, 3.05) is 6.54 Å². The van der Waals surface area contributed by atoms with Gasteiger partial charge in [0.25, 0.3) is 0 Å². The van der Waals surface area contributed by atoms with Crippen molar-refractivity contribution in [3.05, 3.63) is 12.7 Å². The molecule has 2 atom stereocenters. The summed E-state index contributed by atoms with van der Waals surface area (Å²) in [7, 11) is 0. The topological polar surface area (TPSA) is 29.1 Å². The molecule has 0 unspecified atom stereocenters. The predicted octanol–water partition coefficient (Wildman–Crippen LogP) is 1.13. The Kier molecular flexibility index (Phi) is 2.83. The number of carbonyl (C=O) groups is 1. The van der Waals surface area contributed by atoms with Crippen LogP contribution in [0, 0.1) is 5.92 Å². The maximum absolute atomic E-state index is 11.2. The fraction of sp³-hybridized carbons (Fsp3) is 0.667. The molecular weight excluding hydrogens is 138 g/mol.